The van der Waals surface area contributed by atoms with Gasteiger partial charge in [-0.05, 0) is 6.42 Å². The highest BCUT2D eigenvalue weighted by atomic mass is 16.5. The summed E-state index contributed by atoms with van der Waals surface area (Å²) in [5, 5.41) is 0. The van der Waals surface area contributed by atoms with E-state index in [0.29, 0.717) is 52.4 Å². The molecular formula is C12H27N3O3. The van der Waals surface area contributed by atoms with Gasteiger partial charge < -0.3 is 25.8 Å². The predicted octanol–water partition coefficient (Wildman–Crippen LogP) is -0.434. The minimum atomic E-state index is 0.0420. The molecule has 0 atom stereocenters. The van der Waals surface area contributed by atoms with Crippen LogP contribution in [-0.2, 0) is 14.3 Å². The minimum Gasteiger partial charge on any atom is -0.379 e. The number of amides is 1. The van der Waals surface area contributed by atoms with Crippen LogP contribution < -0.4 is 11.5 Å². The summed E-state index contributed by atoms with van der Waals surface area (Å²) in [6, 6.07) is 0. The zero-order chi connectivity index (χ0) is 13.6. The van der Waals surface area contributed by atoms with Crippen LogP contribution in [0.15, 0.2) is 0 Å². The van der Waals surface area contributed by atoms with Gasteiger partial charge in [0.15, 0.2) is 0 Å². The summed E-state index contributed by atoms with van der Waals surface area (Å²) < 4.78 is 10.6. The Hall–Kier alpha value is -0.690. The van der Waals surface area contributed by atoms with Crippen molar-refractivity contribution in [1.29, 1.82) is 0 Å². The van der Waals surface area contributed by atoms with Gasteiger partial charge in [-0.3, -0.25) is 4.79 Å². The Morgan fingerprint density at radius 3 is 2.06 bits per heavy atom. The van der Waals surface area contributed by atoms with E-state index >= 15 is 0 Å². The Bertz CT molecular complexity index is 197. The normalized spacial score (nSPS) is 10.6. The molecule has 0 aliphatic heterocycles. The Kier molecular flexibility index (Phi) is 12.3. The van der Waals surface area contributed by atoms with Gasteiger partial charge in [0.25, 0.3) is 0 Å². The summed E-state index contributed by atoms with van der Waals surface area (Å²) in [5.41, 5.74) is 10.9. The van der Waals surface area contributed by atoms with E-state index in [0.717, 1.165) is 13.0 Å². The van der Waals surface area contributed by atoms with Gasteiger partial charge in [-0.15, -0.1) is 0 Å². The summed E-state index contributed by atoms with van der Waals surface area (Å²) >= 11 is 0. The molecule has 4 N–H and O–H groups in total. The van der Waals surface area contributed by atoms with Crippen molar-refractivity contribution in [2.45, 2.75) is 19.8 Å². The number of nitrogens with two attached hydrogens (primary N) is 2. The van der Waals surface area contributed by atoms with Gasteiger partial charge in [-0.2, -0.15) is 0 Å². The smallest absolute Gasteiger partial charge is 0.224 e. The molecule has 0 aromatic carbocycles. The summed E-state index contributed by atoms with van der Waals surface area (Å²) in [5.74, 6) is 0.0420. The van der Waals surface area contributed by atoms with Crippen LogP contribution in [-0.4, -0.2) is 63.4 Å². The van der Waals surface area contributed by atoms with E-state index in [1.165, 1.54) is 0 Å². The monoisotopic (exact) mass is 261 g/mol. The topological polar surface area (TPSA) is 90.8 Å². The largest absolute Gasteiger partial charge is 0.379 e. The van der Waals surface area contributed by atoms with Crippen molar-refractivity contribution < 1.29 is 14.3 Å². The molecule has 0 rings (SSSR count). The van der Waals surface area contributed by atoms with Gasteiger partial charge in [0.1, 0.15) is 0 Å². The van der Waals surface area contributed by atoms with E-state index in [2.05, 4.69) is 6.92 Å². The molecule has 0 spiro atoms. The number of ether oxygens (including phenoxy) is 2. The summed E-state index contributed by atoms with van der Waals surface area (Å²) in [4.78, 5) is 13.4. The van der Waals surface area contributed by atoms with Crippen molar-refractivity contribution >= 4 is 5.91 Å². The van der Waals surface area contributed by atoms with Gasteiger partial charge in [0.05, 0.1) is 26.2 Å². The molecule has 0 aliphatic carbocycles. The van der Waals surface area contributed by atoms with Gasteiger partial charge in [-0.25, -0.2) is 0 Å². The van der Waals surface area contributed by atoms with Crippen LogP contribution in [0.25, 0.3) is 0 Å². The SMILES string of the molecule is CCCOCCOCCC(=O)N(CCN)CCN. The standard InChI is InChI=1S/C12H27N3O3/c1-2-8-17-10-11-18-9-3-12(16)15(6-4-13)7-5-14/h2-11,13-14H2,1H3. The highest BCUT2D eigenvalue weighted by molar-refractivity contribution is 5.76. The average Bonchev–Trinajstić information content (AvgIpc) is 2.37. The zero-order valence-corrected chi connectivity index (χ0v) is 11.4. The van der Waals surface area contributed by atoms with Crippen LogP contribution in [0.3, 0.4) is 0 Å². The van der Waals surface area contributed by atoms with E-state index in [9.17, 15) is 4.79 Å². The van der Waals surface area contributed by atoms with Crippen molar-refractivity contribution in [1.82, 2.24) is 4.90 Å². The third kappa shape index (κ3) is 9.35. The summed E-state index contributed by atoms with van der Waals surface area (Å²) in [6.45, 7) is 6.35. The number of carbonyl (C=O) groups excluding carboxylic acids is 1. The van der Waals surface area contributed by atoms with E-state index in [1.807, 2.05) is 0 Å². The molecule has 1 amide bonds. The van der Waals surface area contributed by atoms with Crippen molar-refractivity contribution in [3.63, 3.8) is 0 Å². The molecule has 0 aliphatic rings. The van der Waals surface area contributed by atoms with Gasteiger partial charge in [-0.1, -0.05) is 6.92 Å². The molecule has 18 heavy (non-hydrogen) atoms. The first-order valence-electron chi connectivity index (χ1n) is 6.59. The predicted molar refractivity (Wildman–Crippen MR) is 71.2 cm³/mol. The Morgan fingerprint density at radius 2 is 1.56 bits per heavy atom. The molecule has 0 heterocycles. The lowest BCUT2D eigenvalue weighted by Gasteiger charge is -2.21. The molecule has 0 aromatic heterocycles. The lowest BCUT2D eigenvalue weighted by atomic mass is 10.3. The van der Waals surface area contributed by atoms with E-state index < -0.39 is 0 Å². The molecule has 6 nitrogen and oxygen atoms in total. The lowest BCUT2D eigenvalue weighted by Crippen LogP contribution is -2.39. The number of rotatable bonds is 12. The minimum absolute atomic E-state index is 0.0420. The average molecular weight is 261 g/mol. The second-order valence-corrected chi connectivity index (χ2v) is 3.93. The Morgan fingerprint density at radius 1 is 1.00 bits per heavy atom. The second-order valence-electron chi connectivity index (χ2n) is 3.93. The van der Waals surface area contributed by atoms with E-state index in [4.69, 9.17) is 20.9 Å². The fraction of sp³-hybridized carbons (Fsp3) is 0.917. The van der Waals surface area contributed by atoms with Crippen molar-refractivity contribution in [3.05, 3.63) is 0 Å². The fourth-order valence-electron chi connectivity index (χ4n) is 1.46. The van der Waals surface area contributed by atoms with Gasteiger partial charge in [0, 0.05) is 32.8 Å². The molecule has 0 fully saturated rings. The molecule has 6 heteroatoms. The highest BCUT2D eigenvalue weighted by Crippen LogP contribution is 1.94. The molecule has 0 radical (unpaired) electrons. The molecule has 0 saturated carbocycles. The van der Waals surface area contributed by atoms with Crippen LogP contribution in [0.1, 0.15) is 19.8 Å². The summed E-state index contributed by atoms with van der Waals surface area (Å²) in [6.07, 6.45) is 1.37. The van der Waals surface area contributed by atoms with E-state index in [1.54, 1.807) is 4.90 Å². The molecule has 0 unspecified atom stereocenters. The number of nitrogens with zero attached hydrogens (tertiary/aromatic N) is 1. The molecular weight excluding hydrogens is 234 g/mol. The highest BCUT2D eigenvalue weighted by Gasteiger charge is 2.11. The van der Waals surface area contributed by atoms with Crippen molar-refractivity contribution in [2.75, 3.05) is 52.6 Å². The summed E-state index contributed by atoms with van der Waals surface area (Å²) in [7, 11) is 0. The maximum absolute atomic E-state index is 11.8. The zero-order valence-electron chi connectivity index (χ0n) is 11.4. The van der Waals surface area contributed by atoms with Crippen LogP contribution in [0.5, 0.6) is 0 Å². The number of hydrogen-bond donors (Lipinski definition) is 2. The first kappa shape index (κ1) is 17.3. The lowest BCUT2D eigenvalue weighted by molar-refractivity contribution is -0.132. The van der Waals surface area contributed by atoms with E-state index in [-0.39, 0.29) is 5.91 Å². The first-order valence-corrected chi connectivity index (χ1v) is 6.59. The second kappa shape index (κ2) is 12.8. The van der Waals surface area contributed by atoms with Crippen LogP contribution in [0.2, 0.25) is 0 Å². The van der Waals surface area contributed by atoms with Crippen LogP contribution in [0.4, 0.5) is 0 Å². The third-order valence-corrected chi connectivity index (χ3v) is 2.33. The van der Waals surface area contributed by atoms with Crippen molar-refractivity contribution in [3.8, 4) is 0 Å². The first-order chi connectivity index (χ1) is 8.76. The fourth-order valence-corrected chi connectivity index (χ4v) is 1.46. The van der Waals surface area contributed by atoms with Gasteiger partial charge >= 0.3 is 0 Å². The number of carbonyl (C=O) groups is 1. The molecule has 108 valence electrons. The molecule has 0 saturated heterocycles. The Labute approximate surface area is 110 Å². The Balaban J connectivity index is 3.54. The maximum atomic E-state index is 11.8. The third-order valence-electron chi connectivity index (χ3n) is 2.33. The maximum Gasteiger partial charge on any atom is 0.224 e. The van der Waals surface area contributed by atoms with Crippen LogP contribution >= 0.6 is 0 Å². The molecule has 0 bridgehead atoms. The molecule has 0 aromatic rings. The quantitative estimate of drug-likeness (QED) is 0.465. The number of hydrogen-bond acceptors (Lipinski definition) is 5. The van der Waals surface area contributed by atoms with Crippen molar-refractivity contribution in [2.24, 2.45) is 11.5 Å². The van der Waals surface area contributed by atoms with Gasteiger partial charge in [0.2, 0.25) is 5.91 Å². The van der Waals surface area contributed by atoms with Crippen LogP contribution in [0, 0.1) is 0 Å².